The fourth-order valence-electron chi connectivity index (χ4n) is 2.09. The third-order valence-electron chi connectivity index (χ3n) is 3.05. The fraction of sp³-hybridized carbons (Fsp3) is 0.615. The average Bonchev–Trinajstić information content (AvgIpc) is 2.75. The number of pyridine rings is 1. The Balaban J connectivity index is 2.15. The third kappa shape index (κ3) is 2.58. The predicted molar refractivity (Wildman–Crippen MR) is 69.8 cm³/mol. The second-order valence-electron chi connectivity index (χ2n) is 4.32. The lowest BCUT2D eigenvalue weighted by Gasteiger charge is -2.09. The number of rotatable bonds is 5. The number of aromatic nitrogens is 1. The zero-order chi connectivity index (χ0) is 11.4. The summed E-state index contributed by atoms with van der Waals surface area (Å²) in [4.78, 5) is 4.78. The van der Waals surface area contributed by atoms with E-state index in [0.29, 0.717) is 6.54 Å². The molecule has 0 saturated heterocycles. The van der Waals surface area contributed by atoms with Gasteiger partial charge in [-0.05, 0) is 42.6 Å². The van der Waals surface area contributed by atoms with Gasteiger partial charge in [-0.2, -0.15) is 0 Å². The van der Waals surface area contributed by atoms with Crippen molar-refractivity contribution in [3.05, 3.63) is 22.9 Å². The summed E-state index contributed by atoms with van der Waals surface area (Å²) in [6.45, 7) is 2.84. The van der Waals surface area contributed by atoms with Crippen molar-refractivity contribution in [2.45, 2.75) is 50.6 Å². The molecule has 1 aliphatic rings. The van der Waals surface area contributed by atoms with Crippen LogP contribution in [0.5, 0.6) is 0 Å². The summed E-state index contributed by atoms with van der Waals surface area (Å²) >= 11 is 1.87. The molecule has 0 bridgehead atoms. The first-order valence-electron chi connectivity index (χ1n) is 6.19. The molecule has 2 nitrogen and oxygen atoms in total. The number of hydrogen-bond donors (Lipinski definition) is 1. The molecule has 0 saturated carbocycles. The zero-order valence-corrected chi connectivity index (χ0v) is 10.8. The molecule has 0 amide bonds. The van der Waals surface area contributed by atoms with E-state index in [1.807, 2.05) is 11.8 Å². The van der Waals surface area contributed by atoms with Crippen molar-refractivity contribution < 1.29 is 0 Å². The van der Waals surface area contributed by atoms with Crippen LogP contribution in [0.2, 0.25) is 0 Å². The standard InChI is InChI=1S/C13H20N2S/c1-2-3-7-16-13-11(9-14)8-10-5-4-6-12(10)15-13/h8H,2-7,9,14H2,1H3. The molecule has 16 heavy (non-hydrogen) atoms. The smallest absolute Gasteiger partial charge is 0.101 e. The molecule has 0 atom stereocenters. The highest BCUT2D eigenvalue weighted by Gasteiger charge is 2.15. The maximum atomic E-state index is 5.80. The summed E-state index contributed by atoms with van der Waals surface area (Å²) in [6.07, 6.45) is 6.11. The number of thioether (sulfide) groups is 1. The maximum absolute atomic E-state index is 5.80. The van der Waals surface area contributed by atoms with Crippen LogP contribution < -0.4 is 5.73 Å². The fourth-order valence-corrected chi connectivity index (χ4v) is 3.21. The molecule has 0 radical (unpaired) electrons. The minimum Gasteiger partial charge on any atom is -0.326 e. The molecular formula is C13H20N2S. The van der Waals surface area contributed by atoms with E-state index in [1.54, 1.807) is 0 Å². The lowest BCUT2D eigenvalue weighted by Crippen LogP contribution is -2.03. The van der Waals surface area contributed by atoms with Crippen molar-refractivity contribution in [2.75, 3.05) is 5.75 Å². The second kappa shape index (κ2) is 5.69. The molecule has 88 valence electrons. The maximum Gasteiger partial charge on any atom is 0.101 e. The average molecular weight is 236 g/mol. The summed E-state index contributed by atoms with van der Waals surface area (Å²) in [5, 5.41) is 1.18. The molecule has 0 unspecified atom stereocenters. The first-order chi connectivity index (χ1) is 7.85. The minimum absolute atomic E-state index is 0.620. The van der Waals surface area contributed by atoms with Gasteiger partial charge >= 0.3 is 0 Å². The van der Waals surface area contributed by atoms with Crippen LogP contribution in [0, 0.1) is 0 Å². The highest BCUT2D eigenvalue weighted by Crippen LogP contribution is 2.28. The highest BCUT2D eigenvalue weighted by molar-refractivity contribution is 7.99. The highest BCUT2D eigenvalue weighted by atomic mass is 32.2. The van der Waals surface area contributed by atoms with Crippen molar-refractivity contribution in [3.8, 4) is 0 Å². The van der Waals surface area contributed by atoms with Gasteiger partial charge in [0.25, 0.3) is 0 Å². The van der Waals surface area contributed by atoms with Crippen molar-refractivity contribution in [1.82, 2.24) is 4.98 Å². The molecule has 0 aliphatic heterocycles. The number of nitrogens with zero attached hydrogens (tertiary/aromatic N) is 1. The molecule has 1 heterocycles. The van der Waals surface area contributed by atoms with Gasteiger partial charge in [0.1, 0.15) is 5.03 Å². The molecule has 2 rings (SSSR count). The van der Waals surface area contributed by atoms with Gasteiger partial charge in [-0.15, -0.1) is 11.8 Å². The van der Waals surface area contributed by atoms with E-state index in [0.717, 1.165) is 12.2 Å². The van der Waals surface area contributed by atoms with Crippen LogP contribution in [-0.4, -0.2) is 10.7 Å². The lowest BCUT2D eigenvalue weighted by molar-refractivity contribution is 0.876. The molecule has 2 N–H and O–H groups in total. The van der Waals surface area contributed by atoms with Gasteiger partial charge < -0.3 is 5.73 Å². The van der Waals surface area contributed by atoms with E-state index >= 15 is 0 Å². The molecule has 1 aliphatic carbocycles. The van der Waals surface area contributed by atoms with E-state index in [-0.39, 0.29) is 0 Å². The normalized spacial score (nSPS) is 14.1. The van der Waals surface area contributed by atoms with Crippen LogP contribution in [-0.2, 0) is 19.4 Å². The van der Waals surface area contributed by atoms with Crippen LogP contribution >= 0.6 is 11.8 Å². The monoisotopic (exact) mass is 236 g/mol. The molecule has 1 aromatic heterocycles. The topological polar surface area (TPSA) is 38.9 Å². The number of nitrogens with two attached hydrogens (primary N) is 1. The van der Waals surface area contributed by atoms with Gasteiger partial charge in [0.15, 0.2) is 0 Å². The largest absolute Gasteiger partial charge is 0.326 e. The van der Waals surface area contributed by atoms with E-state index in [1.165, 1.54) is 47.5 Å². The Hall–Kier alpha value is -0.540. The van der Waals surface area contributed by atoms with Gasteiger partial charge in [-0.25, -0.2) is 4.98 Å². The summed E-state index contributed by atoms with van der Waals surface area (Å²) in [6, 6.07) is 2.28. The summed E-state index contributed by atoms with van der Waals surface area (Å²) in [7, 11) is 0. The Morgan fingerprint density at radius 3 is 3.06 bits per heavy atom. The SMILES string of the molecule is CCCCSc1nc2c(cc1CN)CCC2. The van der Waals surface area contributed by atoms with Gasteiger partial charge in [-0.3, -0.25) is 0 Å². The molecule has 0 spiro atoms. The lowest BCUT2D eigenvalue weighted by atomic mass is 10.1. The van der Waals surface area contributed by atoms with Gasteiger partial charge in [0, 0.05) is 12.2 Å². The zero-order valence-electron chi connectivity index (χ0n) is 9.96. The Morgan fingerprint density at radius 2 is 2.31 bits per heavy atom. The minimum atomic E-state index is 0.620. The molecule has 1 aromatic rings. The van der Waals surface area contributed by atoms with E-state index in [4.69, 9.17) is 10.7 Å². The number of aryl methyl sites for hydroxylation is 2. The second-order valence-corrected chi connectivity index (χ2v) is 5.40. The molecular weight excluding hydrogens is 216 g/mol. The predicted octanol–water partition coefficient (Wildman–Crippen LogP) is 2.92. The Bertz CT molecular complexity index is 363. The molecule has 0 fully saturated rings. The summed E-state index contributed by atoms with van der Waals surface area (Å²) in [5.41, 5.74) is 9.78. The first kappa shape index (κ1) is 11.9. The van der Waals surface area contributed by atoms with Crippen molar-refractivity contribution in [2.24, 2.45) is 5.73 Å². The van der Waals surface area contributed by atoms with Gasteiger partial charge in [0.05, 0.1) is 0 Å². The quantitative estimate of drug-likeness (QED) is 0.631. The number of fused-ring (bicyclic) bond motifs is 1. The van der Waals surface area contributed by atoms with Gasteiger partial charge in [0.2, 0.25) is 0 Å². The van der Waals surface area contributed by atoms with Crippen LogP contribution in [0.25, 0.3) is 0 Å². The van der Waals surface area contributed by atoms with E-state index in [9.17, 15) is 0 Å². The molecule has 3 heteroatoms. The van der Waals surface area contributed by atoms with Gasteiger partial charge in [-0.1, -0.05) is 19.4 Å². The van der Waals surface area contributed by atoms with E-state index < -0.39 is 0 Å². The number of unbranched alkanes of at least 4 members (excludes halogenated alkanes) is 1. The third-order valence-corrected chi connectivity index (χ3v) is 4.17. The van der Waals surface area contributed by atoms with Crippen LogP contribution in [0.15, 0.2) is 11.1 Å². The van der Waals surface area contributed by atoms with Crippen molar-refractivity contribution in [1.29, 1.82) is 0 Å². The molecule has 0 aromatic carbocycles. The van der Waals surface area contributed by atoms with Crippen molar-refractivity contribution in [3.63, 3.8) is 0 Å². The Morgan fingerprint density at radius 1 is 1.44 bits per heavy atom. The van der Waals surface area contributed by atoms with Crippen LogP contribution in [0.4, 0.5) is 0 Å². The summed E-state index contributed by atoms with van der Waals surface area (Å²) < 4.78 is 0. The number of hydrogen-bond acceptors (Lipinski definition) is 3. The Labute approximate surface area is 102 Å². The van der Waals surface area contributed by atoms with Crippen molar-refractivity contribution >= 4 is 11.8 Å². The summed E-state index contributed by atoms with van der Waals surface area (Å²) in [5.74, 6) is 1.16. The Kier molecular flexibility index (Phi) is 4.24. The van der Waals surface area contributed by atoms with Crippen LogP contribution in [0.1, 0.15) is 43.0 Å². The van der Waals surface area contributed by atoms with Crippen LogP contribution in [0.3, 0.4) is 0 Å². The first-order valence-corrected chi connectivity index (χ1v) is 7.18. The van der Waals surface area contributed by atoms with E-state index in [2.05, 4.69) is 13.0 Å².